The van der Waals surface area contributed by atoms with Gasteiger partial charge in [-0.2, -0.15) is 26.3 Å². The molecule has 8 aromatic carbocycles. The van der Waals surface area contributed by atoms with Crippen molar-refractivity contribution in [3.8, 4) is 46.0 Å². The Balaban J connectivity index is 0.000000138. The molecule has 132 heavy (non-hydrogen) atoms. The van der Waals surface area contributed by atoms with E-state index in [-0.39, 0.29) is 26.4 Å². The Morgan fingerprint density at radius 3 is 1.36 bits per heavy atom. The minimum absolute atomic E-state index is 0.135. The number of carbonyl (C=O) groups is 1. The van der Waals surface area contributed by atoms with Crippen molar-refractivity contribution in [2.75, 3.05) is 110 Å². The van der Waals surface area contributed by atoms with Gasteiger partial charge in [-0.25, -0.2) is 19.7 Å². The van der Waals surface area contributed by atoms with Gasteiger partial charge in [0.2, 0.25) is 20.4 Å². The number of piperidine rings is 1. The molecule has 2 atom stereocenters. The standard InChI is InChI=1S/C35H43N5O5S.2C32H30ClF3N4O2S/c1-23(39-14-12-26(13-15-39)40-30-7-5-4-6-28(30)37-35(40)41)29-21-46-34(36-29)20-38(18-24-8-11-31-33(16-24)45-22-44-31)19-25-9-10-27(42-2)17-32(25)43-3;1-22(39-10-12-40(13-11-39)27-7-3-6-26(33)16-27)28-20-43-31(37-28)19-38(17-23-4-2-5-25(14-23)32(34,35)36)18-24-8-9-29-30(15-24)42-21-41-29;1-22(39-11-13-40(14-12-39)28-8-3-2-7-26(28)33)27-20-43-31(37-27)19-38(17-23-5-4-6-25(15-23)32(34,35)36)18-24-9-10-29-30(16-24)42-21-41-29/h8-11,16-17,21,26,28,30H,1,4-7,12-15,18-20,22H2,2-3H3,(H,37,41);2-9,14-16,20H,1,10-13,17-19,21H2;2-10,15-16,20H,1,11-14,17-19,21H2. The lowest BCUT2D eigenvalue weighted by atomic mass is 9.89. The zero-order valence-electron chi connectivity index (χ0n) is 73.3. The lowest BCUT2D eigenvalue weighted by Crippen LogP contribution is -2.49. The second-order valence-corrected chi connectivity index (χ2v) is 37.4. The predicted molar refractivity (Wildman–Crippen MR) is 504 cm³/mol. The van der Waals surface area contributed by atoms with Crippen LogP contribution >= 0.6 is 57.2 Å². The summed E-state index contributed by atoms with van der Waals surface area (Å²) in [7, 11) is 3.35. The Kier molecular flexibility index (Phi) is 29.3. The zero-order chi connectivity index (χ0) is 91.6. The molecule has 1 aliphatic carbocycles. The van der Waals surface area contributed by atoms with E-state index in [1.165, 1.54) is 59.8 Å². The minimum Gasteiger partial charge on any atom is -0.497 e. The highest BCUT2D eigenvalue weighted by molar-refractivity contribution is 7.10. The van der Waals surface area contributed by atoms with Crippen LogP contribution in [0.5, 0.6) is 46.0 Å². The molecule has 3 aromatic heterocycles. The Morgan fingerprint density at radius 2 is 0.894 bits per heavy atom. The highest BCUT2D eigenvalue weighted by Crippen LogP contribution is 2.42. The summed E-state index contributed by atoms with van der Waals surface area (Å²) in [6, 6.07) is 51.3. The molecule has 0 bridgehead atoms. The summed E-state index contributed by atoms with van der Waals surface area (Å²) in [5.74, 6) is 5.81. The molecule has 1 saturated carbocycles. The lowest BCUT2D eigenvalue weighted by molar-refractivity contribution is -0.138. The number of anilines is 2. The predicted octanol–water partition coefficient (Wildman–Crippen LogP) is 20.9. The summed E-state index contributed by atoms with van der Waals surface area (Å²) in [4.78, 5) is 47.8. The third kappa shape index (κ3) is 22.9. The molecule has 2 amide bonds. The van der Waals surface area contributed by atoms with Gasteiger partial charge in [-0.15, -0.1) is 34.0 Å². The third-order valence-corrected chi connectivity index (χ3v) is 28.0. The van der Waals surface area contributed by atoms with Crippen molar-refractivity contribution in [2.24, 2.45) is 0 Å². The van der Waals surface area contributed by atoms with E-state index >= 15 is 0 Å². The van der Waals surface area contributed by atoms with Gasteiger partial charge in [-0.1, -0.05) is 135 Å². The first-order valence-corrected chi connectivity index (χ1v) is 47.4. The fourth-order valence-electron chi connectivity index (χ4n) is 18.1. The van der Waals surface area contributed by atoms with Gasteiger partial charge in [0, 0.05) is 149 Å². The molecule has 8 aliphatic rings. The first-order valence-electron chi connectivity index (χ1n) is 44.0. The normalized spacial score (nSPS) is 17.0. The number of methoxy groups -OCH3 is 2. The summed E-state index contributed by atoms with van der Waals surface area (Å²) in [5, 5.41) is 13.6. The minimum atomic E-state index is -4.40. The SMILES string of the molecule is C=C(c1csc(CN(Cc2ccc3c(c2)OCO3)Cc2ccc(OC)cc2OC)n1)N1CCC(N2C(=O)NC3CCCCC32)CC1.C=C(c1csc(CN(Cc2cccc(C(F)(F)F)c2)Cc2ccc3c(c2)OCO3)n1)N1CCN(c2cccc(Cl)c2)CC1.C=C(c1csc(CN(Cc2cccc(C(F)(F)F)c2)Cc2ccc3c(c2)OCO3)n1)N1CCN(c2ccccc2Cl)CC1. The molecule has 19 rings (SSSR count). The molecule has 0 spiro atoms. The second kappa shape index (κ2) is 41.8. The first-order chi connectivity index (χ1) is 63.9. The van der Waals surface area contributed by atoms with Crippen LogP contribution in [0.25, 0.3) is 17.1 Å². The number of ether oxygens (including phenoxy) is 8. The maximum absolute atomic E-state index is 13.4. The summed E-state index contributed by atoms with van der Waals surface area (Å²) in [5.41, 5.74) is 11.4. The van der Waals surface area contributed by atoms with E-state index in [1.807, 2.05) is 108 Å². The zero-order valence-corrected chi connectivity index (χ0v) is 77.3. The average molecular weight is 1900 g/mol. The number of piperazine rings is 2. The summed E-state index contributed by atoms with van der Waals surface area (Å²) >= 11 is 17.3. The highest BCUT2D eigenvalue weighted by Gasteiger charge is 2.45. The van der Waals surface area contributed by atoms with Crippen LogP contribution in [0.3, 0.4) is 0 Å². The number of hydrogen-bond acceptors (Lipinski definition) is 23. The monoisotopic (exact) mass is 1900 g/mol. The van der Waals surface area contributed by atoms with Crippen LogP contribution < -0.4 is 53.0 Å². The van der Waals surface area contributed by atoms with Crippen molar-refractivity contribution in [3.63, 3.8) is 0 Å². The van der Waals surface area contributed by atoms with E-state index in [0.717, 1.165) is 219 Å². The Bertz CT molecular complexity index is 5900. The Labute approximate surface area is 786 Å². The van der Waals surface area contributed by atoms with Crippen LogP contribution in [0.15, 0.2) is 206 Å². The molecule has 22 nitrogen and oxygen atoms in total. The number of aromatic nitrogens is 3. The van der Waals surface area contributed by atoms with E-state index in [9.17, 15) is 31.1 Å². The maximum Gasteiger partial charge on any atom is 0.416 e. The quantitative estimate of drug-likeness (QED) is 0.0439. The number of benzene rings is 8. The van der Waals surface area contributed by atoms with Gasteiger partial charge in [0.25, 0.3) is 0 Å². The van der Waals surface area contributed by atoms with Crippen molar-refractivity contribution in [3.05, 3.63) is 292 Å². The van der Waals surface area contributed by atoms with E-state index in [0.29, 0.717) is 111 Å². The van der Waals surface area contributed by atoms with Crippen molar-refractivity contribution < 1.29 is 69.0 Å². The number of nitrogens with one attached hydrogen (secondary N) is 1. The van der Waals surface area contributed by atoms with Crippen molar-refractivity contribution in [2.45, 2.75) is 128 Å². The maximum atomic E-state index is 13.4. The van der Waals surface area contributed by atoms with E-state index < -0.39 is 23.5 Å². The number of urea groups is 1. The number of fused-ring (bicyclic) bond motifs is 4. The van der Waals surface area contributed by atoms with Crippen LogP contribution in [0.1, 0.15) is 115 Å². The Hall–Kier alpha value is -11.4. The fourth-order valence-corrected chi connectivity index (χ4v) is 21.1. The average Bonchev–Trinajstić information content (AvgIpc) is 1.63. The van der Waals surface area contributed by atoms with Gasteiger partial charge in [-0.05, 0) is 138 Å². The number of alkyl halides is 6. The Morgan fingerprint density at radius 1 is 0.455 bits per heavy atom. The molecule has 0 radical (unpaired) electrons. The number of para-hydroxylation sites is 1. The number of thiazole rings is 3. The molecule has 11 aromatic rings. The largest absolute Gasteiger partial charge is 0.497 e. The molecule has 7 aliphatic heterocycles. The van der Waals surface area contributed by atoms with E-state index in [2.05, 4.69) is 98.8 Å². The lowest BCUT2D eigenvalue weighted by Gasteiger charge is -2.41. The van der Waals surface area contributed by atoms with Gasteiger partial charge in [0.15, 0.2) is 34.5 Å². The fraction of sp³-hybridized carbons (Fsp3) is 0.354. The van der Waals surface area contributed by atoms with Gasteiger partial charge in [-0.3, -0.25) is 14.7 Å². The van der Waals surface area contributed by atoms with Gasteiger partial charge < -0.3 is 72.6 Å². The van der Waals surface area contributed by atoms with Gasteiger partial charge >= 0.3 is 18.4 Å². The van der Waals surface area contributed by atoms with Crippen molar-refractivity contribution >= 4 is 91.7 Å². The number of rotatable bonds is 29. The molecule has 5 fully saturated rings. The molecule has 10 heterocycles. The number of halogens is 8. The summed E-state index contributed by atoms with van der Waals surface area (Å²) in [6.45, 7) is 26.6. The van der Waals surface area contributed by atoms with E-state index in [1.54, 1.807) is 37.7 Å². The van der Waals surface area contributed by atoms with Crippen LogP contribution in [0.2, 0.25) is 10.0 Å². The summed E-state index contributed by atoms with van der Waals surface area (Å²) < 4.78 is 125. The molecule has 4 saturated heterocycles. The van der Waals surface area contributed by atoms with Gasteiger partial charge in [0.05, 0.1) is 102 Å². The number of nitrogens with zero attached hydrogens (tertiary/aromatic N) is 12. The van der Waals surface area contributed by atoms with Crippen LogP contribution in [-0.4, -0.2) is 173 Å². The van der Waals surface area contributed by atoms with Crippen molar-refractivity contribution in [1.82, 2.24) is 54.6 Å². The molecule has 2 unspecified atom stereocenters. The van der Waals surface area contributed by atoms with Crippen LogP contribution in [0.4, 0.5) is 42.5 Å². The molecule has 692 valence electrons. The number of hydrogen-bond donors (Lipinski definition) is 1. The van der Waals surface area contributed by atoms with Gasteiger partial charge in [0.1, 0.15) is 26.5 Å². The summed E-state index contributed by atoms with van der Waals surface area (Å²) in [6.07, 6.45) is -2.22. The van der Waals surface area contributed by atoms with Crippen LogP contribution in [0, 0.1) is 0 Å². The topological polar surface area (TPSA) is 171 Å². The van der Waals surface area contributed by atoms with Crippen LogP contribution in [-0.2, 0) is 71.3 Å². The molecular weight excluding hydrogens is 1800 g/mol. The second-order valence-electron chi connectivity index (χ2n) is 33.7. The third-order valence-electron chi connectivity index (χ3n) is 24.9. The smallest absolute Gasteiger partial charge is 0.416 e. The highest BCUT2D eigenvalue weighted by atomic mass is 35.5. The van der Waals surface area contributed by atoms with Crippen molar-refractivity contribution in [1.29, 1.82) is 0 Å². The molecule has 33 heteroatoms. The number of carbonyl (C=O) groups excluding carboxylic acids is 1. The molecular formula is C99H103Cl2F6N13O9S3. The first kappa shape index (κ1) is 92.4. The van der Waals surface area contributed by atoms with E-state index in [4.69, 9.17) is 76.0 Å². The molecule has 1 N–H and O–H groups in total. The number of amides is 2. The number of likely N-dealkylation sites (tertiary alicyclic amines) is 1.